The summed E-state index contributed by atoms with van der Waals surface area (Å²) in [5, 5.41) is 3.47. The number of nitrogens with zero attached hydrogens (tertiary/aromatic N) is 2. The van der Waals surface area contributed by atoms with Crippen molar-refractivity contribution in [2.24, 2.45) is 0 Å². The Morgan fingerprint density at radius 3 is 2.67 bits per heavy atom. The summed E-state index contributed by atoms with van der Waals surface area (Å²) in [5.41, 5.74) is 6.24. The van der Waals surface area contributed by atoms with Crippen molar-refractivity contribution in [3.8, 4) is 0 Å². The maximum absolute atomic E-state index is 4.30. The maximum atomic E-state index is 4.30. The van der Waals surface area contributed by atoms with Crippen LogP contribution in [0.3, 0.4) is 0 Å². The standard InChI is InChI=1S/C18H25N3/c1-5-9-19-12-16-8-10-20-13-18(16)21(4)17-7-6-14(2)11-15(17)3/h6-8,10-11,13,19H,5,9,12H2,1-4H3. The molecule has 0 radical (unpaired) electrons. The van der Waals surface area contributed by atoms with Crippen molar-refractivity contribution in [2.45, 2.75) is 33.7 Å². The van der Waals surface area contributed by atoms with E-state index in [1.54, 1.807) is 0 Å². The average Bonchev–Trinajstić information content (AvgIpc) is 2.47. The van der Waals surface area contributed by atoms with Gasteiger partial charge < -0.3 is 10.2 Å². The summed E-state index contributed by atoms with van der Waals surface area (Å²) in [4.78, 5) is 6.52. The lowest BCUT2D eigenvalue weighted by Crippen LogP contribution is -2.18. The average molecular weight is 283 g/mol. The molecule has 0 unspecified atom stereocenters. The molecular weight excluding hydrogens is 258 g/mol. The van der Waals surface area contributed by atoms with E-state index >= 15 is 0 Å². The molecule has 0 aliphatic rings. The quantitative estimate of drug-likeness (QED) is 0.813. The van der Waals surface area contributed by atoms with Crippen LogP contribution in [0.25, 0.3) is 0 Å². The fraction of sp³-hybridized carbons (Fsp3) is 0.389. The van der Waals surface area contributed by atoms with Gasteiger partial charge in [0, 0.05) is 25.5 Å². The highest BCUT2D eigenvalue weighted by atomic mass is 15.1. The second kappa shape index (κ2) is 7.23. The van der Waals surface area contributed by atoms with E-state index in [0.717, 1.165) is 25.2 Å². The van der Waals surface area contributed by atoms with Gasteiger partial charge in [-0.25, -0.2) is 0 Å². The zero-order valence-corrected chi connectivity index (χ0v) is 13.5. The molecule has 1 aromatic heterocycles. The zero-order valence-electron chi connectivity index (χ0n) is 13.5. The summed E-state index contributed by atoms with van der Waals surface area (Å²) in [5.74, 6) is 0. The molecule has 2 aromatic rings. The van der Waals surface area contributed by atoms with Crippen molar-refractivity contribution in [1.29, 1.82) is 0 Å². The summed E-state index contributed by atoms with van der Waals surface area (Å²) in [6.07, 6.45) is 4.96. The van der Waals surface area contributed by atoms with E-state index in [9.17, 15) is 0 Å². The topological polar surface area (TPSA) is 28.2 Å². The highest BCUT2D eigenvalue weighted by Crippen LogP contribution is 2.29. The lowest BCUT2D eigenvalue weighted by Gasteiger charge is -2.24. The first-order valence-corrected chi connectivity index (χ1v) is 7.58. The van der Waals surface area contributed by atoms with Crippen LogP contribution in [-0.4, -0.2) is 18.6 Å². The van der Waals surface area contributed by atoms with Crippen LogP contribution in [-0.2, 0) is 6.54 Å². The molecule has 1 heterocycles. The zero-order chi connectivity index (χ0) is 15.2. The lowest BCUT2D eigenvalue weighted by molar-refractivity contribution is 0.675. The number of anilines is 2. The predicted molar refractivity (Wildman–Crippen MR) is 90.2 cm³/mol. The van der Waals surface area contributed by atoms with E-state index < -0.39 is 0 Å². The third kappa shape index (κ3) is 3.82. The Morgan fingerprint density at radius 1 is 1.14 bits per heavy atom. The maximum Gasteiger partial charge on any atom is 0.0640 e. The summed E-state index contributed by atoms with van der Waals surface area (Å²) >= 11 is 0. The number of nitrogens with one attached hydrogen (secondary N) is 1. The van der Waals surface area contributed by atoms with Crippen LogP contribution < -0.4 is 10.2 Å². The first-order valence-electron chi connectivity index (χ1n) is 7.58. The molecule has 0 bridgehead atoms. The molecule has 0 amide bonds. The number of hydrogen-bond donors (Lipinski definition) is 1. The Bertz CT molecular complexity index is 593. The summed E-state index contributed by atoms with van der Waals surface area (Å²) < 4.78 is 0. The van der Waals surface area contributed by atoms with Gasteiger partial charge in [-0.1, -0.05) is 24.6 Å². The predicted octanol–water partition coefficient (Wildman–Crippen LogP) is 3.97. The largest absolute Gasteiger partial charge is 0.343 e. The van der Waals surface area contributed by atoms with Crippen molar-refractivity contribution in [3.05, 3.63) is 53.3 Å². The lowest BCUT2D eigenvalue weighted by atomic mass is 10.1. The molecule has 0 atom stereocenters. The van der Waals surface area contributed by atoms with Crippen LogP contribution in [0.5, 0.6) is 0 Å². The molecule has 0 spiro atoms. The highest BCUT2D eigenvalue weighted by Gasteiger charge is 2.11. The van der Waals surface area contributed by atoms with Gasteiger partial charge in [-0.15, -0.1) is 0 Å². The first kappa shape index (κ1) is 15.5. The summed E-state index contributed by atoms with van der Waals surface area (Å²) in [6.45, 7) is 8.38. The molecule has 3 heteroatoms. The van der Waals surface area contributed by atoms with Crippen LogP contribution in [0.15, 0.2) is 36.7 Å². The van der Waals surface area contributed by atoms with E-state index in [2.05, 4.69) is 67.3 Å². The van der Waals surface area contributed by atoms with Crippen LogP contribution in [0.1, 0.15) is 30.0 Å². The monoisotopic (exact) mass is 283 g/mol. The highest BCUT2D eigenvalue weighted by molar-refractivity contribution is 5.67. The molecular formula is C18H25N3. The number of benzene rings is 1. The molecule has 3 nitrogen and oxygen atoms in total. The fourth-order valence-electron chi connectivity index (χ4n) is 2.58. The second-order valence-electron chi connectivity index (χ2n) is 5.53. The van der Waals surface area contributed by atoms with Gasteiger partial charge in [-0.2, -0.15) is 0 Å². The molecule has 0 saturated heterocycles. The van der Waals surface area contributed by atoms with Crippen molar-refractivity contribution in [3.63, 3.8) is 0 Å². The Labute approximate surface area is 128 Å². The van der Waals surface area contributed by atoms with Crippen LogP contribution in [0.2, 0.25) is 0 Å². The number of hydrogen-bond acceptors (Lipinski definition) is 3. The van der Waals surface area contributed by atoms with Crippen LogP contribution in [0.4, 0.5) is 11.4 Å². The van der Waals surface area contributed by atoms with Crippen molar-refractivity contribution < 1.29 is 0 Å². The minimum Gasteiger partial charge on any atom is -0.343 e. The normalized spacial score (nSPS) is 10.7. The van der Waals surface area contributed by atoms with Gasteiger partial charge in [0.05, 0.1) is 11.9 Å². The molecule has 0 fully saturated rings. The van der Waals surface area contributed by atoms with Crippen LogP contribution >= 0.6 is 0 Å². The summed E-state index contributed by atoms with van der Waals surface area (Å²) in [6, 6.07) is 8.65. The van der Waals surface area contributed by atoms with Gasteiger partial charge in [0.15, 0.2) is 0 Å². The van der Waals surface area contributed by atoms with Crippen molar-refractivity contribution in [1.82, 2.24) is 10.3 Å². The van der Waals surface area contributed by atoms with Gasteiger partial charge in [0.2, 0.25) is 0 Å². The number of pyridine rings is 1. The van der Waals surface area contributed by atoms with E-state index in [1.165, 1.54) is 22.4 Å². The smallest absolute Gasteiger partial charge is 0.0640 e. The number of rotatable bonds is 6. The molecule has 2 rings (SSSR count). The molecule has 112 valence electrons. The fourth-order valence-corrected chi connectivity index (χ4v) is 2.58. The minimum atomic E-state index is 0.876. The Kier molecular flexibility index (Phi) is 5.34. The van der Waals surface area contributed by atoms with E-state index in [-0.39, 0.29) is 0 Å². The van der Waals surface area contributed by atoms with Gasteiger partial charge in [0.25, 0.3) is 0 Å². The van der Waals surface area contributed by atoms with E-state index in [1.807, 2.05) is 12.4 Å². The second-order valence-corrected chi connectivity index (χ2v) is 5.53. The SMILES string of the molecule is CCCNCc1ccncc1N(C)c1ccc(C)cc1C. The van der Waals surface area contributed by atoms with Gasteiger partial charge >= 0.3 is 0 Å². The molecule has 1 aromatic carbocycles. The Morgan fingerprint density at radius 2 is 1.95 bits per heavy atom. The third-order valence-electron chi connectivity index (χ3n) is 3.70. The van der Waals surface area contributed by atoms with E-state index in [4.69, 9.17) is 0 Å². The van der Waals surface area contributed by atoms with Crippen molar-refractivity contribution >= 4 is 11.4 Å². The molecule has 0 aliphatic carbocycles. The number of aryl methyl sites for hydroxylation is 2. The van der Waals surface area contributed by atoms with Gasteiger partial charge in [0.1, 0.15) is 0 Å². The summed E-state index contributed by atoms with van der Waals surface area (Å²) in [7, 11) is 2.11. The molecule has 0 aliphatic heterocycles. The Hall–Kier alpha value is -1.87. The molecule has 21 heavy (non-hydrogen) atoms. The van der Waals surface area contributed by atoms with E-state index in [0.29, 0.717) is 0 Å². The van der Waals surface area contributed by atoms with Gasteiger partial charge in [-0.05, 0) is 50.1 Å². The van der Waals surface area contributed by atoms with Crippen LogP contribution in [0, 0.1) is 13.8 Å². The molecule has 0 saturated carbocycles. The minimum absolute atomic E-state index is 0.876. The third-order valence-corrected chi connectivity index (χ3v) is 3.70. The number of aromatic nitrogens is 1. The van der Waals surface area contributed by atoms with Crippen molar-refractivity contribution in [2.75, 3.05) is 18.5 Å². The Balaban J connectivity index is 2.27. The molecule has 1 N–H and O–H groups in total. The first-order chi connectivity index (χ1) is 10.1. The van der Waals surface area contributed by atoms with Gasteiger partial charge in [-0.3, -0.25) is 4.98 Å².